The summed E-state index contributed by atoms with van der Waals surface area (Å²) in [6.45, 7) is 4.78. The molecule has 0 unspecified atom stereocenters. The smallest absolute Gasteiger partial charge is 0.250 e. The molecule has 3 rings (SSSR count). The highest BCUT2D eigenvalue weighted by Gasteiger charge is 2.34. The third-order valence-electron chi connectivity index (χ3n) is 4.71. The Bertz CT molecular complexity index is 699. The summed E-state index contributed by atoms with van der Waals surface area (Å²) in [5, 5.41) is 4.25. The van der Waals surface area contributed by atoms with Crippen LogP contribution in [0.3, 0.4) is 0 Å². The first-order valence-corrected chi connectivity index (χ1v) is 9.55. The first kappa shape index (κ1) is 16.6. The van der Waals surface area contributed by atoms with Crippen LogP contribution in [-0.2, 0) is 14.8 Å². The van der Waals surface area contributed by atoms with Crippen LogP contribution in [0, 0.1) is 19.8 Å². The fourth-order valence-corrected chi connectivity index (χ4v) is 5.24. The number of morpholine rings is 1. The Labute approximate surface area is 136 Å². The predicted molar refractivity (Wildman–Crippen MR) is 83.9 cm³/mol. The van der Waals surface area contributed by atoms with Crippen LogP contribution in [0.4, 0.5) is 0 Å². The Morgan fingerprint density at radius 3 is 2.39 bits per heavy atom. The molecule has 1 aromatic heterocycles. The average molecular weight is 341 g/mol. The molecule has 23 heavy (non-hydrogen) atoms. The largest absolute Gasteiger partial charge is 0.379 e. The quantitative estimate of drug-likeness (QED) is 0.829. The fourth-order valence-electron chi connectivity index (χ4n) is 3.48. The van der Waals surface area contributed by atoms with Crippen LogP contribution in [0.2, 0.25) is 0 Å². The molecule has 2 aliphatic rings. The number of aromatic nitrogens is 2. The molecule has 2 fully saturated rings. The van der Waals surface area contributed by atoms with E-state index in [1.54, 1.807) is 13.8 Å². The molecule has 0 atom stereocenters. The third kappa shape index (κ3) is 2.95. The maximum Gasteiger partial charge on any atom is 0.250 e. The lowest BCUT2D eigenvalue weighted by Gasteiger charge is -2.26. The van der Waals surface area contributed by atoms with Crippen molar-refractivity contribution in [2.75, 3.05) is 26.3 Å². The van der Waals surface area contributed by atoms with Crippen molar-refractivity contribution in [3.05, 3.63) is 11.4 Å². The Hall–Kier alpha value is -1.25. The average Bonchev–Trinajstić information content (AvgIpc) is 3.16. The molecule has 0 bridgehead atoms. The van der Waals surface area contributed by atoms with Crippen LogP contribution in [-0.4, -0.2) is 54.7 Å². The molecule has 1 aromatic rings. The van der Waals surface area contributed by atoms with Gasteiger partial charge in [-0.25, -0.2) is 13.1 Å². The van der Waals surface area contributed by atoms with Crippen LogP contribution in [0.15, 0.2) is 4.90 Å². The molecule has 1 aliphatic heterocycles. The van der Waals surface area contributed by atoms with E-state index in [1.807, 2.05) is 0 Å². The molecule has 0 amide bonds. The standard InChI is InChI=1S/C15H23N3O4S/c1-11-14(23(20,21)17-7-9-22-10-8-17)12(2)18(16-11)15(19)13-5-3-4-6-13/h13H,3-10H2,1-2H3. The predicted octanol–water partition coefficient (Wildman–Crippen LogP) is 1.35. The summed E-state index contributed by atoms with van der Waals surface area (Å²) in [5.41, 5.74) is 0.811. The van der Waals surface area contributed by atoms with Gasteiger partial charge in [0.05, 0.1) is 24.6 Å². The number of nitrogens with zero attached hydrogens (tertiary/aromatic N) is 3. The Morgan fingerprint density at radius 2 is 1.78 bits per heavy atom. The second-order valence-electron chi connectivity index (χ2n) is 6.25. The molecule has 1 saturated heterocycles. The van der Waals surface area contributed by atoms with Crippen LogP contribution >= 0.6 is 0 Å². The second kappa shape index (κ2) is 6.33. The molecular formula is C15H23N3O4S. The minimum atomic E-state index is -3.64. The summed E-state index contributed by atoms with van der Waals surface area (Å²) in [5.74, 6) is -0.113. The van der Waals surface area contributed by atoms with Crippen LogP contribution in [0.1, 0.15) is 41.9 Å². The van der Waals surface area contributed by atoms with E-state index in [9.17, 15) is 13.2 Å². The van der Waals surface area contributed by atoms with E-state index in [4.69, 9.17) is 4.74 Å². The van der Waals surface area contributed by atoms with Gasteiger partial charge in [0.15, 0.2) is 0 Å². The van der Waals surface area contributed by atoms with Gasteiger partial charge in [-0.15, -0.1) is 0 Å². The lowest BCUT2D eigenvalue weighted by molar-refractivity contribution is 0.0729. The van der Waals surface area contributed by atoms with Crippen molar-refractivity contribution < 1.29 is 17.9 Å². The van der Waals surface area contributed by atoms with Gasteiger partial charge in [-0.1, -0.05) is 12.8 Å². The normalized spacial score (nSPS) is 21.0. The Kier molecular flexibility index (Phi) is 4.57. The highest BCUT2D eigenvalue weighted by Crippen LogP contribution is 2.29. The zero-order valence-corrected chi connectivity index (χ0v) is 14.4. The van der Waals surface area contributed by atoms with E-state index in [1.165, 1.54) is 8.99 Å². The number of aryl methyl sites for hydroxylation is 1. The van der Waals surface area contributed by atoms with E-state index in [-0.39, 0.29) is 16.7 Å². The van der Waals surface area contributed by atoms with E-state index in [0.29, 0.717) is 37.7 Å². The van der Waals surface area contributed by atoms with Crippen LogP contribution < -0.4 is 0 Å². The zero-order valence-electron chi connectivity index (χ0n) is 13.6. The first-order valence-electron chi connectivity index (χ1n) is 8.11. The summed E-state index contributed by atoms with van der Waals surface area (Å²) >= 11 is 0. The van der Waals surface area contributed by atoms with Gasteiger partial charge in [-0.3, -0.25) is 4.79 Å². The SMILES string of the molecule is Cc1nn(C(=O)C2CCCC2)c(C)c1S(=O)(=O)N1CCOCC1. The maximum atomic E-state index is 12.9. The van der Waals surface area contributed by atoms with E-state index < -0.39 is 10.0 Å². The summed E-state index contributed by atoms with van der Waals surface area (Å²) in [6.07, 6.45) is 3.83. The molecule has 1 saturated carbocycles. The molecule has 0 N–H and O–H groups in total. The molecule has 0 radical (unpaired) electrons. The molecule has 2 heterocycles. The molecule has 1 aliphatic carbocycles. The third-order valence-corrected chi connectivity index (χ3v) is 6.86. The van der Waals surface area contributed by atoms with Gasteiger partial charge in [-0.2, -0.15) is 9.40 Å². The molecule has 0 spiro atoms. The monoisotopic (exact) mass is 341 g/mol. The maximum absolute atomic E-state index is 12.9. The van der Waals surface area contributed by atoms with Crippen molar-refractivity contribution in [3.63, 3.8) is 0 Å². The minimum absolute atomic E-state index is 0.0352. The summed E-state index contributed by atoms with van der Waals surface area (Å²) in [4.78, 5) is 12.8. The van der Waals surface area contributed by atoms with E-state index >= 15 is 0 Å². The topological polar surface area (TPSA) is 81.5 Å². The van der Waals surface area contributed by atoms with Gasteiger partial charge in [0.1, 0.15) is 4.90 Å². The van der Waals surface area contributed by atoms with Crippen LogP contribution in [0.25, 0.3) is 0 Å². The number of carbonyl (C=O) groups excluding carboxylic acids is 1. The minimum Gasteiger partial charge on any atom is -0.379 e. The zero-order chi connectivity index (χ0) is 16.6. The number of sulfonamides is 1. The lowest BCUT2D eigenvalue weighted by atomic mass is 10.1. The second-order valence-corrected chi connectivity index (χ2v) is 8.12. The van der Waals surface area contributed by atoms with Crippen molar-refractivity contribution in [1.29, 1.82) is 0 Å². The number of rotatable bonds is 3. The Morgan fingerprint density at radius 1 is 1.17 bits per heavy atom. The number of hydrogen-bond acceptors (Lipinski definition) is 5. The molecule has 128 valence electrons. The molecule has 7 nitrogen and oxygen atoms in total. The van der Waals surface area contributed by atoms with E-state index in [2.05, 4.69) is 5.10 Å². The number of carbonyl (C=O) groups is 1. The van der Waals surface area contributed by atoms with E-state index in [0.717, 1.165) is 25.7 Å². The molecule has 0 aromatic carbocycles. The molecular weight excluding hydrogens is 318 g/mol. The lowest BCUT2D eigenvalue weighted by Crippen LogP contribution is -2.41. The van der Waals surface area contributed by atoms with Gasteiger partial charge in [-0.05, 0) is 26.7 Å². The summed E-state index contributed by atoms with van der Waals surface area (Å²) < 4.78 is 33.7. The number of ether oxygens (including phenoxy) is 1. The van der Waals surface area contributed by atoms with Gasteiger partial charge in [0.2, 0.25) is 15.9 Å². The van der Waals surface area contributed by atoms with Gasteiger partial charge in [0, 0.05) is 19.0 Å². The highest BCUT2D eigenvalue weighted by molar-refractivity contribution is 7.89. The highest BCUT2D eigenvalue weighted by atomic mass is 32.2. The first-order chi connectivity index (χ1) is 10.9. The number of hydrogen-bond donors (Lipinski definition) is 0. The van der Waals surface area contributed by atoms with Gasteiger partial charge >= 0.3 is 0 Å². The van der Waals surface area contributed by atoms with Crippen molar-refractivity contribution in [3.8, 4) is 0 Å². The van der Waals surface area contributed by atoms with Crippen molar-refractivity contribution in [2.24, 2.45) is 5.92 Å². The van der Waals surface area contributed by atoms with Crippen molar-refractivity contribution in [1.82, 2.24) is 14.1 Å². The van der Waals surface area contributed by atoms with Crippen molar-refractivity contribution >= 4 is 15.9 Å². The fraction of sp³-hybridized carbons (Fsp3) is 0.733. The molecule has 8 heteroatoms. The summed E-state index contributed by atoms with van der Waals surface area (Å²) in [7, 11) is -3.64. The van der Waals surface area contributed by atoms with Gasteiger partial charge < -0.3 is 4.74 Å². The van der Waals surface area contributed by atoms with Gasteiger partial charge in [0.25, 0.3) is 0 Å². The van der Waals surface area contributed by atoms with Crippen LogP contribution in [0.5, 0.6) is 0 Å². The van der Waals surface area contributed by atoms with Crippen molar-refractivity contribution in [2.45, 2.75) is 44.4 Å². The summed E-state index contributed by atoms with van der Waals surface area (Å²) in [6, 6.07) is 0. The Balaban J connectivity index is 1.95.